The van der Waals surface area contributed by atoms with Gasteiger partial charge in [0.15, 0.2) is 0 Å². The van der Waals surface area contributed by atoms with Gasteiger partial charge >= 0.3 is 0 Å². The fourth-order valence-electron chi connectivity index (χ4n) is 4.42. The smallest absolute Gasteiger partial charge is 0.126 e. The quantitative estimate of drug-likeness (QED) is 0.209. The van der Waals surface area contributed by atoms with Crippen molar-refractivity contribution in [1.29, 1.82) is 0 Å². The molecule has 2 aromatic rings. The van der Waals surface area contributed by atoms with Crippen LogP contribution in [0.25, 0.3) is 0 Å². The average molecular weight is 425 g/mol. The Morgan fingerprint density at radius 1 is 0.690 bits per heavy atom. The fraction of sp³-hybridized carbons (Fsp3) is 0.538. The second-order valence-electron chi connectivity index (χ2n) is 8.42. The summed E-state index contributed by atoms with van der Waals surface area (Å²) in [6, 6.07) is 19.1. The lowest BCUT2D eigenvalue weighted by Crippen LogP contribution is -2.46. The highest BCUT2D eigenvalue weighted by Gasteiger charge is 2.30. The van der Waals surface area contributed by atoms with Crippen LogP contribution in [0.3, 0.4) is 0 Å². The van der Waals surface area contributed by atoms with Crippen LogP contribution < -0.4 is 10.9 Å². The van der Waals surface area contributed by atoms with Crippen LogP contribution in [0.2, 0.25) is 5.82 Å². The van der Waals surface area contributed by atoms with Crippen molar-refractivity contribution in [3.05, 3.63) is 48.5 Å². The van der Waals surface area contributed by atoms with E-state index in [-0.39, 0.29) is 0 Å². The summed E-state index contributed by atoms with van der Waals surface area (Å²) in [6.45, 7) is 5.09. The highest BCUT2D eigenvalue weighted by Crippen LogP contribution is 2.31. The van der Waals surface area contributed by atoms with E-state index in [0.29, 0.717) is 6.71 Å². The van der Waals surface area contributed by atoms with Gasteiger partial charge in [0.25, 0.3) is 0 Å². The van der Waals surface area contributed by atoms with Crippen molar-refractivity contribution in [2.45, 2.75) is 87.2 Å². The van der Waals surface area contributed by atoms with E-state index in [2.05, 4.69) is 62.4 Å². The highest BCUT2D eigenvalue weighted by molar-refractivity contribution is 7.99. The second-order valence-corrected chi connectivity index (χ2v) is 10.8. The predicted octanol–water partition coefficient (Wildman–Crippen LogP) is 7.41. The van der Waals surface area contributed by atoms with Crippen molar-refractivity contribution < 1.29 is 0 Å². The molecule has 0 atom stereocenters. The summed E-state index contributed by atoms with van der Waals surface area (Å²) in [4.78, 5) is 2.85. The topological polar surface area (TPSA) is 0 Å². The van der Waals surface area contributed by atoms with Crippen LogP contribution >= 0.6 is 23.5 Å². The average Bonchev–Trinajstić information content (AvgIpc) is 2.77. The van der Waals surface area contributed by atoms with Gasteiger partial charge < -0.3 is 0 Å². The second kappa shape index (κ2) is 12.8. The predicted molar refractivity (Wildman–Crippen MR) is 136 cm³/mol. The molecule has 0 heterocycles. The minimum atomic E-state index is 0.555. The Hall–Kier alpha value is -0.795. The van der Waals surface area contributed by atoms with Crippen LogP contribution in [0.1, 0.15) is 71.6 Å². The molecule has 0 saturated heterocycles. The Bertz CT molecular complexity index is 636. The maximum absolute atomic E-state index is 2.41. The highest BCUT2D eigenvalue weighted by atomic mass is 32.2. The van der Waals surface area contributed by atoms with Gasteiger partial charge in [-0.15, -0.1) is 23.5 Å². The molecule has 1 fully saturated rings. The Balaban J connectivity index is 1.76. The van der Waals surface area contributed by atoms with Crippen LogP contribution in [-0.2, 0) is 0 Å². The van der Waals surface area contributed by atoms with Gasteiger partial charge in [0, 0.05) is 9.79 Å². The van der Waals surface area contributed by atoms with Gasteiger partial charge in [0.05, 0.1) is 0 Å². The molecule has 156 valence electrons. The maximum Gasteiger partial charge on any atom is 0.212 e. The van der Waals surface area contributed by atoms with E-state index in [1.807, 2.05) is 23.5 Å². The van der Waals surface area contributed by atoms with Crippen molar-refractivity contribution in [2.24, 2.45) is 0 Å². The van der Waals surface area contributed by atoms with E-state index >= 15 is 0 Å². The Labute approximate surface area is 188 Å². The number of hydrogen-bond acceptors (Lipinski definition) is 2. The summed E-state index contributed by atoms with van der Waals surface area (Å²) in [5.74, 6) is 3.26. The summed E-state index contributed by atoms with van der Waals surface area (Å²) in [5.41, 5.74) is 3.03. The van der Waals surface area contributed by atoms with Crippen molar-refractivity contribution in [3.63, 3.8) is 0 Å². The van der Waals surface area contributed by atoms with E-state index in [4.69, 9.17) is 0 Å². The summed E-state index contributed by atoms with van der Waals surface area (Å²) in [5, 5.41) is 0. The largest absolute Gasteiger partial charge is 0.212 e. The molecule has 0 N–H and O–H groups in total. The molecule has 0 radical (unpaired) electrons. The number of thioether (sulfide) groups is 2. The maximum atomic E-state index is 2.41. The van der Waals surface area contributed by atoms with Gasteiger partial charge in [-0.05, 0) is 48.6 Å². The van der Waals surface area contributed by atoms with Crippen molar-refractivity contribution in [3.8, 4) is 0 Å². The summed E-state index contributed by atoms with van der Waals surface area (Å²) in [7, 11) is 0. The molecule has 29 heavy (non-hydrogen) atoms. The SMILES string of the molecule is CCCCSc1ccc(B(c2ccc(SCCCC)cc2)C2CCCCC2)cc1. The molecule has 0 aliphatic heterocycles. The molecule has 1 saturated carbocycles. The fourth-order valence-corrected chi connectivity index (χ4v) is 6.41. The Kier molecular flexibility index (Phi) is 10.1. The molecule has 0 spiro atoms. The van der Waals surface area contributed by atoms with E-state index in [0.717, 1.165) is 5.82 Å². The first kappa shape index (κ1) is 22.9. The monoisotopic (exact) mass is 424 g/mol. The first-order valence-corrected chi connectivity index (χ1v) is 13.7. The number of hydrogen-bond donors (Lipinski definition) is 0. The molecule has 2 aromatic carbocycles. The lowest BCUT2D eigenvalue weighted by molar-refractivity contribution is 0.499. The molecule has 1 aliphatic carbocycles. The standard InChI is InChI=1S/C26H37BS2/c1-3-5-20-28-25-16-12-23(13-17-25)27(22-10-8-7-9-11-22)24-14-18-26(19-15-24)29-21-6-4-2/h12-19,22H,3-11,20-21H2,1-2H3. The molecule has 3 heteroatoms. The van der Waals surface area contributed by atoms with E-state index in [1.165, 1.54) is 90.0 Å². The zero-order valence-corrected chi connectivity index (χ0v) is 20.0. The Morgan fingerprint density at radius 2 is 1.14 bits per heavy atom. The molecule has 0 nitrogen and oxygen atoms in total. The van der Waals surface area contributed by atoms with E-state index < -0.39 is 0 Å². The van der Waals surface area contributed by atoms with Crippen molar-refractivity contribution in [2.75, 3.05) is 11.5 Å². The molecule has 0 unspecified atom stereocenters. The van der Waals surface area contributed by atoms with Crippen LogP contribution in [-0.4, -0.2) is 18.2 Å². The third-order valence-corrected chi connectivity index (χ3v) is 8.33. The van der Waals surface area contributed by atoms with Crippen LogP contribution in [0.5, 0.6) is 0 Å². The summed E-state index contributed by atoms with van der Waals surface area (Å²) >= 11 is 4.01. The van der Waals surface area contributed by atoms with Gasteiger partial charge in [-0.3, -0.25) is 0 Å². The first-order valence-electron chi connectivity index (χ1n) is 11.8. The number of unbranched alkanes of at least 4 members (excludes halogenated alkanes) is 2. The number of rotatable bonds is 11. The van der Waals surface area contributed by atoms with Crippen LogP contribution in [0, 0.1) is 0 Å². The van der Waals surface area contributed by atoms with E-state index in [9.17, 15) is 0 Å². The zero-order chi connectivity index (χ0) is 20.3. The van der Waals surface area contributed by atoms with Gasteiger partial charge in [0.1, 0.15) is 0 Å². The molecular formula is C26H37BS2. The van der Waals surface area contributed by atoms with Gasteiger partial charge in [-0.1, -0.05) is 99.8 Å². The van der Waals surface area contributed by atoms with Crippen molar-refractivity contribution in [1.82, 2.24) is 0 Å². The van der Waals surface area contributed by atoms with E-state index in [1.54, 1.807) is 0 Å². The molecule has 0 aromatic heterocycles. The van der Waals surface area contributed by atoms with Gasteiger partial charge in [-0.2, -0.15) is 0 Å². The molecular weight excluding hydrogens is 387 g/mol. The minimum absolute atomic E-state index is 0.555. The third-order valence-electron chi connectivity index (χ3n) is 6.13. The third kappa shape index (κ3) is 7.14. The van der Waals surface area contributed by atoms with Crippen LogP contribution in [0.15, 0.2) is 58.3 Å². The van der Waals surface area contributed by atoms with Gasteiger partial charge in [-0.25, -0.2) is 0 Å². The normalized spacial score (nSPS) is 14.8. The molecule has 1 aliphatic rings. The molecule has 3 rings (SSSR count). The number of benzene rings is 2. The zero-order valence-electron chi connectivity index (χ0n) is 18.4. The van der Waals surface area contributed by atoms with Crippen molar-refractivity contribution >= 4 is 41.2 Å². The minimum Gasteiger partial charge on any atom is -0.126 e. The lowest BCUT2D eigenvalue weighted by atomic mass is 9.32. The van der Waals surface area contributed by atoms with Gasteiger partial charge in [0.2, 0.25) is 6.71 Å². The molecule has 0 bridgehead atoms. The Morgan fingerprint density at radius 3 is 1.55 bits per heavy atom. The molecule has 0 amide bonds. The lowest BCUT2D eigenvalue weighted by Gasteiger charge is -2.29. The van der Waals surface area contributed by atoms with Crippen LogP contribution in [0.4, 0.5) is 0 Å². The first-order chi connectivity index (χ1) is 14.3. The summed E-state index contributed by atoms with van der Waals surface area (Å²) in [6.07, 6.45) is 12.1. The summed E-state index contributed by atoms with van der Waals surface area (Å²) < 4.78 is 0.